The first-order chi connectivity index (χ1) is 6.22. The normalized spacial score (nSPS) is 28.5. The Labute approximate surface area is 78.4 Å². The van der Waals surface area contributed by atoms with Gasteiger partial charge in [-0.3, -0.25) is 4.79 Å². The van der Waals surface area contributed by atoms with Crippen LogP contribution in [0.2, 0.25) is 0 Å². The van der Waals surface area contributed by atoms with Gasteiger partial charge in [-0.25, -0.2) is 0 Å². The Morgan fingerprint density at radius 1 is 1.69 bits per heavy atom. The molecule has 4 heteroatoms. The van der Waals surface area contributed by atoms with E-state index in [9.17, 15) is 4.79 Å². The molecule has 1 aliphatic heterocycles. The van der Waals surface area contributed by atoms with Crippen molar-refractivity contribution in [2.24, 2.45) is 5.73 Å². The molecule has 2 N–H and O–H groups in total. The lowest BCUT2D eigenvalue weighted by atomic mass is 10.0. The quantitative estimate of drug-likeness (QED) is 0.651. The topological polar surface area (TPSA) is 61.5 Å². The molecule has 0 aliphatic carbocycles. The van der Waals surface area contributed by atoms with Crippen LogP contribution in [0.5, 0.6) is 0 Å². The number of esters is 1. The van der Waals surface area contributed by atoms with E-state index in [4.69, 9.17) is 15.2 Å². The molecule has 2 unspecified atom stereocenters. The average Bonchev–Trinajstić information content (AvgIpc) is 2.04. The fourth-order valence-electron chi connectivity index (χ4n) is 1.46. The Bertz CT molecular complexity index is 172. The monoisotopic (exact) mass is 187 g/mol. The largest absolute Gasteiger partial charge is 0.466 e. The summed E-state index contributed by atoms with van der Waals surface area (Å²) in [7, 11) is 0. The maximum absolute atomic E-state index is 11.1. The van der Waals surface area contributed by atoms with Crippen molar-refractivity contribution in [1.82, 2.24) is 0 Å². The molecule has 76 valence electrons. The minimum absolute atomic E-state index is 0.0391. The molecule has 0 spiro atoms. The van der Waals surface area contributed by atoms with Crippen molar-refractivity contribution in [2.75, 3.05) is 13.2 Å². The van der Waals surface area contributed by atoms with Crippen molar-refractivity contribution < 1.29 is 14.3 Å². The molecule has 1 saturated heterocycles. The van der Waals surface area contributed by atoms with Gasteiger partial charge in [0, 0.05) is 12.6 Å². The molecule has 1 aliphatic rings. The van der Waals surface area contributed by atoms with Crippen LogP contribution in [0.25, 0.3) is 0 Å². The maximum atomic E-state index is 11.1. The van der Waals surface area contributed by atoms with Crippen LogP contribution < -0.4 is 5.73 Å². The molecule has 2 atom stereocenters. The molecule has 1 fully saturated rings. The SMILES string of the molecule is CCOC(=O)CC1CC(N)CCO1. The van der Waals surface area contributed by atoms with Crippen LogP contribution in [0.1, 0.15) is 26.2 Å². The first-order valence-corrected chi connectivity index (χ1v) is 4.75. The number of carbonyl (C=O) groups excluding carboxylic acids is 1. The molecule has 1 rings (SSSR count). The van der Waals surface area contributed by atoms with Gasteiger partial charge in [0.2, 0.25) is 0 Å². The van der Waals surface area contributed by atoms with E-state index in [1.807, 2.05) is 0 Å². The highest BCUT2D eigenvalue weighted by atomic mass is 16.5. The average molecular weight is 187 g/mol. The molecule has 0 saturated carbocycles. The molecule has 0 amide bonds. The first-order valence-electron chi connectivity index (χ1n) is 4.75. The van der Waals surface area contributed by atoms with Gasteiger partial charge in [0.25, 0.3) is 0 Å². The molecule has 0 aromatic carbocycles. The lowest BCUT2D eigenvalue weighted by Crippen LogP contribution is -2.36. The smallest absolute Gasteiger partial charge is 0.308 e. The van der Waals surface area contributed by atoms with Crippen LogP contribution in [-0.2, 0) is 14.3 Å². The molecule has 1 heterocycles. The summed E-state index contributed by atoms with van der Waals surface area (Å²) in [6.45, 7) is 2.88. The van der Waals surface area contributed by atoms with Gasteiger partial charge in [-0.15, -0.1) is 0 Å². The number of nitrogens with two attached hydrogens (primary N) is 1. The Kier molecular flexibility index (Phi) is 4.18. The Balaban J connectivity index is 2.23. The van der Waals surface area contributed by atoms with Crippen LogP contribution in [0.4, 0.5) is 0 Å². The van der Waals surface area contributed by atoms with Gasteiger partial charge < -0.3 is 15.2 Å². The van der Waals surface area contributed by atoms with Crippen molar-refractivity contribution in [3.05, 3.63) is 0 Å². The van der Waals surface area contributed by atoms with Gasteiger partial charge in [0.1, 0.15) is 0 Å². The second-order valence-corrected chi connectivity index (χ2v) is 3.29. The van der Waals surface area contributed by atoms with Crippen LogP contribution in [-0.4, -0.2) is 31.3 Å². The van der Waals surface area contributed by atoms with Crippen molar-refractivity contribution in [1.29, 1.82) is 0 Å². The zero-order valence-corrected chi connectivity index (χ0v) is 7.99. The summed E-state index contributed by atoms with van der Waals surface area (Å²) in [6.07, 6.45) is 1.95. The van der Waals surface area contributed by atoms with Gasteiger partial charge in [0.15, 0.2) is 0 Å². The summed E-state index contributed by atoms with van der Waals surface area (Å²) >= 11 is 0. The molecule has 0 aromatic rings. The lowest BCUT2D eigenvalue weighted by Gasteiger charge is -2.26. The second kappa shape index (κ2) is 5.19. The Morgan fingerprint density at radius 3 is 3.08 bits per heavy atom. The number of hydrogen-bond acceptors (Lipinski definition) is 4. The van der Waals surface area contributed by atoms with Gasteiger partial charge in [-0.2, -0.15) is 0 Å². The van der Waals surface area contributed by atoms with Crippen LogP contribution in [0.3, 0.4) is 0 Å². The standard InChI is InChI=1S/C9H17NO3/c1-2-12-9(11)6-8-5-7(10)3-4-13-8/h7-8H,2-6,10H2,1H3. The minimum Gasteiger partial charge on any atom is -0.466 e. The van der Waals surface area contributed by atoms with E-state index in [0.29, 0.717) is 19.6 Å². The summed E-state index contributed by atoms with van der Waals surface area (Å²) in [5, 5.41) is 0. The van der Waals surface area contributed by atoms with E-state index in [1.165, 1.54) is 0 Å². The molecule has 0 aromatic heterocycles. The zero-order valence-electron chi connectivity index (χ0n) is 7.99. The molecule has 13 heavy (non-hydrogen) atoms. The highest BCUT2D eigenvalue weighted by Gasteiger charge is 2.22. The summed E-state index contributed by atoms with van der Waals surface area (Å²) in [5.74, 6) is -0.193. The van der Waals surface area contributed by atoms with E-state index in [2.05, 4.69) is 0 Å². The molecule has 4 nitrogen and oxygen atoms in total. The Hall–Kier alpha value is -0.610. The molecular weight excluding hydrogens is 170 g/mol. The fraction of sp³-hybridized carbons (Fsp3) is 0.889. The van der Waals surface area contributed by atoms with Crippen LogP contribution in [0, 0.1) is 0 Å². The van der Waals surface area contributed by atoms with E-state index in [0.717, 1.165) is 12.8 Å². The number of ether oxygens (including phenoxy) is 2. The maximum Gasteiger partial charge on any atom is 0.308 e. The Morgan fingerprint density at radius 2 is 2.46 bits per heavy atom. The summed E-state index contributed by atoms with van der Waals surface area (Å²) in [4.78, 5) is 11.1. The molecule has 0 bridgehead atoms. The van der Waals surface area contributed by atoms with Gasteiger partial charge >= 0.3 is 5.97 Å². The summed E-state index contributed by atoms with van der Waals surface area (Å²) < 4.78 is 10.2. The third kappa shape index (κ3) is 3.74. The first kappa shape index (κ1) is 10.5. The van der Waals surface area contributed by atoms with Crippen molar-refractivity contribution >= 4 is 5.97 Å². The van der Waals surface area contributed by atoms with Gasteiger partial charge in [-0.05, 0) is 19.8 Å². The summed E-state index contributed by atoms with van der Waals surface area (Å²) in [6, 6.07) is 0.174. The van der Waals surface area contributed by atoms with E-state index in [-0.39, 0.29) is 18.1 Å². The predicted octanol–water partition coefficient (Wildman–Crippen LogP) is 0.446. The van der Waals surface area contributed by atoms with E-state index < -0.39 is 0 Å². The van der Waals surface area contributed by atoms with Crippen molar-refractivity contribution in [3.8, 4) is 0 Å². The highest BCUT2D eigenvalue weighted by Crippen LogP contribution is 2.15. The second-order valence-electron chi connectivity index (χ2n) is 3.29. The molecule has 0 radical (unpaired) electrons. The van der Waals surface area contributed by atoms with Gasteiger partial charge in [-0.1, -0.05) is 0 Å². The lowest BCUT2D eigenvalue weighted by molar-refractivity contribution is -0.147. The van der Waals surface area contributed by atoms with E-state index in [1.54, 1.807) is 6.92 Å². The van der Waals surface area contributed by atoms with Crippen molar-refractivity contribution in [2.45, 2.75) is 38.3 Å². The predicted molar refractivity (Wildman–Crippen MR) is 48.2 cm³/mol. The van der Waals surface area contributed by atoms with Crippen LogP contribution >= 0.6 is 0 Å². The summed E-state index contributed by atoms with van der Waals surface area (Å²) in [5.41, 5.74) is 5.74. The molecular formula is C9H17NO3. The third-order valence-electron chi connectivity index (χ3n) is 2.11. The minimum atomic E-state index is -0.193. The van der Waals surface area contributed by atoms with E-state index >= 15 is 0 Å². The zero-order chi connectivity index (χ0) is 9.68. The number of rotatable bonds is 3. The third-order valence-corrected chi connectivity index (χ3v) is 2.11. The van der Waals surface area contributed by atoms with Gasteiger partial charge in [0.05, 0.1) is 19.1 Å². The number of hydrogen-bond donors (Lipinski definition) is 1. The highest BCUT2D eigenvalue weighted by molar-refractivity contribution is 5.69. The van der Waals surface area contributed by atoms with Crippen molar-refractivity contribution in [3.63, 3.8) is 0 Å². The number of carbonyl (C=O) groups is 1. The fourth-order valence-corrected chi connectivity index (χ4v) is 1.46. The van der Waals surface area contributed by atoms with Crippen LogP contribution in [0.15, 0.2) is 0 Å².